The Bertz CT molecular complexity index is 602. The van der Waals surface area contributed by atoms with Crippen LogP contribution < -0.4 is 28.3 Å². The Morgan fingerprint density at radius 3 is 1.30 bits per heavy atom. The summed E-state index contributed by atoms with van der Waals surface area (Å²) in [5, 5.41) is 25.1. The molecule has 10 nitrogen and oxygen atoms in total. The summed E-state index contributed by atoms with van der Waals surface area (Å²) in [5.41, 5.74) is 22.0. The Morgan fingerprint density at radius 2 is 1.02 bits per heavy atom. The Labute approximate surface area is 284 Å². The van der Waals surface area contributed by atoms with Crippen LogP contribution in [0.4, 0.5) is 0 Å². The Morgan fingerprint density at radius 1 is 0.651 bits per heavy atom. The summed E-state index contributed by atoms with van der Waals surface area (Å²) in [5.74, 6) is 1.01. The third-order valence-electron chi connectivity index (χ3n) is 4.83. The van der Waals surface area contributed by atoms with Gasteiger partial charge in [0.2, 0.25) is 0 Å². The Kier molecular flexibility index (Phi) is 83.7. The van der Waals surface area contributed by atoms with Crippen molar-refractivity contribution in [2.45, 2.75) is 145 Å². The van der Waals surface area contributed by atoms with Crippen molar-refractivity contribution < 1.29 is 0 Å². The van der Waals surface area contributed by atoms with E-state index in [2.05, 4.69) is 49.9 Å². The van der Waals surface area contributed by atoms with Crippen molar-refractivity contribution in [2.24, 2.45) is 32.9 Å². The largest absolute Gasteiger partial charge is 0.388 e. The highest BCUT2D eigenvalue weighted by molar-refractivity contribution is 5.97. The second-order valence-corrected chi connectivity index (χ2v) is 8.89. The second-order valence-electron chi connectivity index (χ2n) is 8.89. The minimum Gasteiger partial charge on any atom is -0.388 e. The Balaban J connectivity index is -0.0000000643. The third-order valence-corrected chi connectivity index (χ3v) is 4.83. The van der Waals surface area contributed by atoms with Gasteiger partial charge in [-0.1, -0.05) is 93.4 Å². The smallest absolute Gasteiger partial charge is 0.195 e. The standard InChI is InChI=1S/C10H23N5.C8H14N2.C6H14N2.C4H11N.C2H6.3ClH/c1-3-5-7-13-9(11)15-10(12)14-8-6-4-2;1-2-3-4-5-8(10)6-7-9;1-2-3-4-5-6(7)8;1-2-3-4-5;1-2;;;/h3-8H2,1-2H3,(H5,11,12,13,14,15);10H,2-6H2,1H3;2-5H2,1H3,(H3,7,8);2-5H2,1H3;1-2H3;3*1H. The lowest BCUT2D eigenvalue weighted by Crippen LogP contribution is -2.41. The molecule has 0 unspecified atom stereocenters. The number of unbranched alkanes of at least 4 members (excludes halogenated alkanes) is 7. The summed E-state index contributed by atoms with van der Waals surface area (Å²) in [4.78, 5) is 8.21. The number of nitrogens with one attached hydrogen (secondary N) is 3. The van der Waals surface area contributed by atoms with Gasteiger partial charge in [-0.25, -0.2) is 0 Å². The number of hydrogen-bond acceptors (Lipinski definition) is 6. The lowest BCUT2D eigenvalue weighted by molar-refractivity contribution is 0.738. The van der Waals surface area contributed by atoms with E-state index in [0.29, 0.717) is 29.9 Å². The van der Waals surface area contributed by atoms with Crippen LogP contribution in [0.25, 0.3) is 0 Å². The molecular formula is C30H71Cl3N10. The van der Waals surface area contributed by atoms with Gasteiger partial charge in [-0.15, -0.1) is 37.2 Å². The van der Waals surface area contributed by atoms with Gasteiger partial charge < -0.3 is 28.3 Å². The SMILES string of the molecule is CC.CCCCCC(=N)CC#N.CCCCCC(=N)N.CCCCN.CCCCN=C(N)NC(N)=NCCCC.Cl.Cl.Cl. The van der Waals surface area contributed by atoms with Crippen LogP contribution in [0.15, 0.2) is 9.98 Å². The van der Waals surface area contributed by atoms with E-state index >= 15 is 0 Å². The van der Waals surface area contributed by atoms with Crippen molar-refractivity contribution in [3.05, 3.63) is 0 Å². The minimum absolute atomic E-state index is 0. The lowest BCUT2D eigenvalue weighted by atomic mass is 10.1. The molecule has 0 aliphatic carbocycles. The first-order valence-electron chi connectivity index (χ1n) is 15.5. The van der Waals surface area contributed by atoms with Crippen LogP contribution in [0.3, 0.4) is 0 Å². The first kappa shape index (κ1) is 60.4. The van der Waals surface area contributed by atoms with E-state index in [0.717, 1.165) is 71.0 Å². The van der Waals surface area contributed by atoms with Crippen molar-refractivity contribution in [1.29, 1.82) is 16.1 Å². The second kappa shape index (κ2) is 59.6. The van der Waals surface area contributed by atoms with Crippen LogP contribution in [-0.2, 0) is 0 Å². The van der Waals surface area contributed by atoms with Crippen molar-refractivity contribution in [2.75, 3.05) is 19.6 Å². The van der Waals surface area contributed by atoms with Gasteiger partial charge in [0.15, 0.2) is 11.9 Å². The lowest BCUT2D eigenvalue weighted by Gasteiger charge is -2.04. The maximum absolute atomic E-state index is 8.20. The molecular weight excluding hydrogens is 607 g/mol. The fourth-order valence-electron chi connectivity index (χ4n) is 2.47. The summed E-state index contributed by atoms with van der Waals surface area (Å²) >= 11 is 0. The molecule has 0 amide bonds. The van der Waals surface area contributed by atoms with Crippen molar-refractivity contribution >= 4 is 60.7 Å². The van der Waals surface area contributed by atoms with E-state index in [1.807, 2.05) is 19.9 Å². The van der Waals surface area contributed by atoms with Crippen LogP contribution in [0.2, 0.25) is 0 Å². The zero-order valence-corrected chi connectivity index (χ0v) is 31.1. The molecule has 0 radical (unpaired) electrons. The predicted octanol–water partition coefficient (Wildman–Crippen LogP) is 7.85. The fourth-order valence-corrected chi connectivity index (χ4v) is 2.47. The molecule has 0 aliphatic heterocycles. The maximum Gasteiger partial charge on any atom is 0.195 e. The van der Waals surface area contributed by atoms with Crippen LogP contribution in [0, 0.1) is 22.1 Å². The molecule has 0 bridgehead atoms. The van der Waals surface area contributed by atoms with E-state index in [9.17, 15) is 0 Å². The number of aliphatic imine (C=N–C) groups is 2. The molecule has 0 atom stereocenters. The van der Waals surface area contributed by atoms with Gasteiger partial charge in [-0.3, -0.25) is 20.7 Å². The average molecular weight is 678 g/mol. The number of amidine groups is 1. The number of rotatable bonds is 17. The summed E-state index contributed by atoms with van der Waals surface area (Å²) < 4.78 is 0. The molecule has 43 heavy (non-hydrogen) atoms. The van der Waals surface area contributed by atoms with E-state index < -0.39 is 0 Å². The molecule has 0 fully saturated rings. The van der Waals surface area contributed by atoms with Crippen LogP contribution in [0.1, 0.15) is 145 Å². The van der Waals surface area contributed by atoms with Crippen LogP contribution in [-0.4, -0.2) is 43.1 Å². The zero-order chi connectivity index (χ0) is 31.9. The topological polar surface area (TPSA) is 212 Å². The highest BCUT2D eigenvalue weighted by atomic mass is 35.5. The number of nitriles is 1. The first-order valence-corrected chi connectivity index (χ1v) is 15.5. The average Bonchev–Trinajstić information content (AvgIpc) is 2.92. The molecule has 0 aromatic rings. The molecule has 0 rings (SSSR count). The normalized spacial score (nSPS) is 9.37. The van der Waals surface area contributed by atoms with E-state index in [4.69, 9.17) is 39.0 Å². The van der Waals surface area contributed by atoms with Gasteiger partial charge in [0.1, 0.15) is 0 Å². The molecule has 0 aromatic heterocycles. The Hall–Kier alpha value is -1.80. The predicted molar refractivity (Wildman–Crippen MR) is 201 cm³/mol. The number of guanidine groups is 2. The van der Waals surface area contributed by atoms with E-state index in [1.54, 1.807) is 0 Å². The summed E-state index contributed by atoms with van der Waals surface area (Å²) in [7, 11) is 0. The molecule has 262 valence electrons. The van der Waals surface area contributed by atoms with E-state index in [-0.39, 0.29) is 37.2 Å². The molecule has 0 saturated heterocycles. The highest BCUT2D eigenvalue weighted by Gasteiger charge is 1.95. The van der Waals surface area contributed by atoms with Gasteiger partial charge in [0.25, 0.3) is 0 Å². The van der Waals surface area contributed by atoms with Gasteiger partial charge in [-0.2, -0.15) is 5.26 Å². The summed E-state index contributed by atoms with van der Waals surface area (Å²) in [6.45, 7) is 16.9. The molecule has 0 saturated carbocycles. The first-order chi connectivity index (χ1) is 19.2. The number of nitrogens with two attached hydrogens (primary N) is 4. The summed E-state index contributed by atoms with van der Waals surface area (Å²) in [6, 6.07) is 1.97. The monoisotopic (exact) mass is 676 g/mol. The molecule has 11 N–H and O–H groups in total. The van der Waals surface area contributed by atoms with Crippen molar-refractivity contribution in [3.63, 3.8) is 0 Å². The molecule has 0 aromatic carbocycles. The number of hydrogen-bond donors (Lipinski definition) is 7. The molecule has 0 spiro atoms. The number of halogens is 3. The molecule has 0 heterocycles. The van der Waals surface area contributed by atoms with Crippen molar-refractivity contribution in [1.82, 2.24) is 5.32 Å². The van der Waals surface area contributed by atoms with E-state index in [1.165, 1.54) is 38.5 Å². The van der Waals surface area contributed by atoms with Gasteiger partial charge in [-0.05, 0) is 45.1 Å². The van der Waals surface area contributed by atoms with Crippen molar-refractivity contribution in [3.8, 4) is 6.07 Å². The van der Waals surface area contributed by atoms with Gasteiger partial charge in [0.05, 0.1) is 18.3 Å². The fraction of sp³-hybridized carbons (Fsp3) is 0.833. The summed E-state index contributed by atoms with van der Waals surface area (Å²) in [6.07, 6.45) is 15.5. The highest BCUT2D eigenvalue weighted by Crippen LogP contribution is 2.01. The van der Waals surface area contributed by atoms with Crippen LogP contribution in [0.5, 0.6) is 0 Å². The van der Waals surface area contributed by atoms with Gasteiger partial charge in [0, 0.05) is 25.2 Å². The third kappa shape index (κ3) is 79.3. The molecule has 0 aliphatic rings. The molecule has 13 heteroatoms. The maximum atomic E-state index is 8.20. The quantitative estimate of drug-likeness (QED) is 0.0462. The number of nitrogens with zero attached hydrogens (tertiary/aromatic N) is 3. The van der Waals surface area contributed by atoms with Crippen LogP contribution >= 0.6 is 37.2 Å². The minimum atomic E-state index is 0. The zero-order valence-electron chi connectivity index (χ0n) is 28.6. The van der Waals surface area contributed by atoms with Gasteiger partial charge >= 0.3 is 0 Å².